The SMILES string of the molecule is O=C(NC1CCC(Oc2ccc3c(c2)OCO3)CC1)c1cc(-c2ccccn2)n[nH]1. The average Bonchev–Trinajstić information content (AvgIpc) is 3.45. The molecular formula is C22H22N4O4. The molecule has 1 amide bonds. The lowest BCUT2D eigenvalue weighted by Gasteiger charge is -2.29. The molecule has 1 aromatic carbocycles. The fourth-order valence-corrected chi connectivity index (χ4v) is 3.81. The number of aromatic amines is 1. The van der Waals surface area contributed by atoms with Gasteiger partial charge >= 0.3 is 0 Å². The Balaban J connectivity index is 1.13. The van der Waals surface area contributed by atoms with Crippen LogP contribution in [0.5, 0.6) is 17.2 Å². The first-order chi connectivity index (χ1) is 14.7. The van der Waals surface area contributed by atoms with Crippen LogP contribution >= 0.6 is 0 Å². The van der Waals surface area contributed by atoms with Gasteiger partial charge in [-0.25, -0.2) is 0 Å². The van der Waals surface area contributed by atoms with Gasteiger partial charge in [0.05, 0.1) is 11.8 Å². The van der Waals surface area contributed by atoms with Crippen LogP contribution in [-0.4, -0.2) is 40.0 Å². The number of hydrogen-bond acceptors (Lipinski definition) is 6. The molecule has 1 aliphatic heterocycles. The van der Waals surface area contributed by atoms with E-state index in [1.54, 1.807) is 12.3 Å². The number of carbonyl (C=O) groups excluding carboxylic acids is 1. The predicted molar refractivity (Wildman–Crippen MR) is 109 cm³/mol. The standard InChI is InChI=1S/C22H22N4O4/c27-22(19-12-18(25-26-19)17-3-1-2-10-23-17)24-14-4-6-15(7-5-14)30-16-8-9-20-21(11-16)29-13-28-20/h1-3,8-12,14-15H,4-7,13H2,(H,24,27)(H,25,26). The number of hydrogen-bond donors (Lipinski definition) is 2. The van der Waals surface area contributed by atoms with Gasteiger partial charge in [0, 0.05) is 18.3 Å². The maximum atomic E-state index is 12.6. The lowest BCUT2D eigenvalue weighted by atomic mass is 9.93. The van der Waals surface area contributed by atoms with E-state index in [4.69, 9.17) is 14.2 Å². The van der Waals surface area contributed by atoms with Gasteiger partial charge in [0.25, 0.3) is 5.91 Å². The van der Waals surface area contributed by atoms with Crippen molar-refractivity contribution in [1.82, 2.24) is 20.5 Å². The summed E-state index contributed by atoms with van der Waals surface area (Å²) in [7, 11) is 0. The highest BCUT2D eigenvalue weighted by molar-refractivity contribution is 5.93. The Labute approximate surface area is 173 Å². The van der Waals surface area contributed by atoms with Gasteiger partial charge in [0.15, 0.2) is 11.5 Å². The molecule has 5 rings (SSSR count). The van der Waals surface area contributed by atoms with Crippen LogP contribution in [-0.2, 0) is 0 Å². The average molecular weight is 406 g/mol. The largest absolute Gasteiger partial charge is 0.490 e. The summed E-state index contributed by atoms with van der Waals surface area (Å²) in [5.74, 6) is 2.10. The normalized spacial score (nSPS) is 20.0. The molecule has 8 heteroatoms. The summed E-state index contributed by atoms with van der Waals surface area (Å²) in [5, 5.41) is 10.1. The number of carbonyl (C=O) groups is 1. The van der Waals surface area contributed by atoms with Crippen LogP contribution in [0.1, 0.15) is 36.2 Å². The van der Waals surface area contributed by atoms with Crippen molar-refractivity contribution in [2.24, 2.45) is 0 Å². The van der Waals surface area contributed by atoms with E-state index in [0.29, 0.717) is 11.4 Å². The van der Waals surface area contributed by atoms with Crippen molar-refractivity contribution in [3.8, 4) is 28.6 Å². The molecule has 2 N–H and O–H groups in total. The Morgan fingerprint density at radius 1 is 1.03 bits per heavy atom. The zero-order chi connectivity index (χ0) is 20.3. The summed E-state index contributed by atoms with van der Waals surface area (Å²) < 4.78 is 16.8. The molecule has 0 saturated heterocycles. The summed E-state index contributed by atoms with van der Waals surface area (Å²) in [5.41, 5.74) is 1.82. The van der Waals surface area contributed by atoms with E-state index in [9.17, 15) is 4.79 Å². The number of H-pyrrole nitrogens is 1. The molecule has 0 spiro atoms. The number of nitrogens with zero attached hydrogens (tertiary/aromatic N) is 2. The molecule has 30 heavy (non-hydrogen) atoms. The van der Waals surface area contributed by atoms with E-state index < -0.39 is 0 Å². The topological polar surface area (TPSA) is 98.4 Å². The first kappa shape index (κ1) is 18.5. The van der Waals surface area contributed by atoms with Crippen molar-refractivity contribution in [2.75, 3.05) is 6.79 Å². The van der Waals surface area contributed by atoms with Crippen LogP contribution in [0.3, 0.4) is 0 Å². The molecule has 0 unspecified atom stereocenters. The Morgan fingerprint density at radius 3 is 2.73 bits per heavy atom. The minimum atomic E-state index is -0.148. The minimum Gasteiger partial charge on any atom is -0.490 e. The monoisotopic (exact) mass is 406 g/mol. The molecule has 0 radical (unpaired) electrons. The molecule has 2 aliphatic rings. The van der Waals surface area contributed by atoms with Gasteiger partial charge in [-0.15, -0.1) is 0 Å². The molecule has 0 bridgehead atoms. The van der Waals surface area contributed by atoms with Crippen molar-refractivity contribution in [1.29, 1.82) is 0 Å². The molecule has 154 valence electrons. The van der Waals surface area contributed by atoms with Gasteiger partial charge in [0.1, 0.15) is 17.1 Å². The molecule has 1 saturated carbocycles. The molecule has 2 aromatic heterocycles. The Hall–Kier alpha value is -3.55. The number of aromatic nitrogens is 3. The maximum Gasteiger partial charge on any atom is 0.269 e. The second-order valence-corrected chi connectivity index (χ2v) is 7.46. The van der Waals surface area contributed by atoms with Crippen LogP contribution in [0.2, 0.25) is 0 Å². The Kier molecular flexibility index (Phi) is 4.96. The van der Waals surface area contributed by atoms with Gasteiger partial charge in [-0.1, -0.05) is 6.07 Å². The van der Waals surface area contributed by atoms with Gasteiger partial charge < -0.3 is 19.5 Å². The highest BCUT2D eigenvalue weighted by atomic mass is 16.7. The number of ether oxygens (including phenoxy) is 3. The summed E-state index contributed by atoms with van der Waals surface area (Å²) in [6.07, 6.45) is 5.31. The number of benzene rings is 1. The summed E-state index contributed by atoms with van der Waals surface area (Å²) in [6.45, 7) is 0.253. The summed E-state index contributed by atoms with van der Waals surface area (Å²) >= 11 is 0. The molecule has 1 aliphatic carbocycles. The second-order valence-electron chi connectivity index (χ2n) is 7.46. The van der Waals surface area contributed by atoms with Gasteiger partial charge in [-0.05, 0) is 56.0 Å². The van der Waals surface area contributed by atoms with Crippen LogP contribution < -0.4 is 19.5 Å². The number of pyridine rings is 1. The first-order valence-corrected chi connectivity index (χ1v) is 10.1. The fraction of sp³-hybridized carbons (Fsp3) is 0.318. The van der Waals surface area contributed by atoms with E-state index in [2.05, 4.69) is 20.5 Å². The van der Waals surface area contributed by atoms with Crippen molar-refractivity contribution >= 4 is 5.91 Å². The minimum absolute atomic E-state index is 0.121. The maximum absolute atomic E-state index is 12.6. The number of rotatable bonds is 5. The van der Waals surface area contributed by atoms with Crippen molar-refractivity contribution < 1.29 is 19.0 Å². The van der Waals surface area contributed by atoms with Gasteiger partial charge in [-0.3, -0.25) is 14.9 Å². The highest BCUT2D eigenvalue weighted by Gasteiger charge is 2.25. The van der Waals surface area contributed by atoms with E-state index in [1.165, 1.54) is 0 Å². The third kappa shape index (κ3) is 3.94. The van der Waals surface area contributed by atoms with Crippen LogP contribution in [0.25, 0.3) is 11.4 Å². The van der Waals surface area contributed by atoms with Crippen LogP contribution in [0.15, 0.2) is 48.7 Å². The van der Waals surface area contributed by atoms with Gasteiger partial charge in [0.2, 0.25) is 6.79 Å². The van der Waals surface area contributed by atoms with E-state index in [0.717, 1.165) is 48.6 Å². The van der Waals surface area contributed by atoms with Crippen LogP contribution in [0.4, 0.5) is 0 Å². The first-order valence-electron chi connectivity index (χ1n) is 10.1. The fourth-order valence-electron chi connectivity index (χ4n) is 3.81. The molecule has 1 fully saturated rings. The summed E-state index contributed by atoms with van der Waals surface area (Å²) in [4.78, 5) is 16.8. The molecular weight excluding hydrogens is 384 g/mol. The quantitative estimate of drug-likeness (QED) is 0.675. The summed E-state index contributed by atoms with van der Waals surface area (Å²) in [6, 6.07) is 13.1. The smallest absolute Gasteiger partial charge is 0.269 e. The van der Waals surface area contributed by atoms with Crippen molar-refractivity contribution in [3.05, 3.63) is 54.4 Å². The predicted octanol–water partition coefficient (Wildman–Crippen LogP) is 3.32. The zero-order valence-corrected chi connectivity index (χ0v) is 16.3. The Bertz CT molecular complexity index is 1030. The van der Waals surface area contributed by atoms with Crippen molar-refractivity contribution in [2.45, 2.75) is 37.8 Å². The molecule has 0 atom stereocenters. The third-order valence-corrected chi connectivity index (χ3v) is 5.41. The molecule has 8 nitrogen and oxygen atoms in total. The third-order valence-electron chi connectivity index (χ3n) is 5.41. The highest BCUT2D eigenvalue weighted by Crippen LogP contribution is 2.36. The molecule has 3 aromatic rings. The van der Waals surface area contributed by atoms with E-state index in [1.807, 2.05) is 36.4 Å². The van der Waals surface area contributed by atoms with Crippen molar-refractivity contribution in [3.63, 3.8) is 0 Å². The van der Waals surface area contributed by atoms with Gasteiger partial charge in [-0.2, -0.15) is 5.10 Å². The second kappa shape index (κ2) is 8.06. The number of nitrogens with one attached hydrogen (secondary N) is 2. The zero-order valence-electron chi connectivity index (χ0n) is 16.3. The lowest BCUT2D eigenvalue weighted by Crippen LogP contribution is -2.39. The van der Waals surface area contributed by atoms with E-state index >= 15 is 0 Å². The molecule has 3 heterocycles. The Morgan fingerprint density at radius 2 is 1.90 bits per heavy atom. The van der Waals surface area contributed by atoms with Crippen LogP contribution in [0, 0.1) is 0 Å². The lowest BCUT2D eigenvalue weighted by molar-refractivity contribution is 0.0888. The van der Waals surface area contributed by atoms with E-state index in [-0.39, 0.29) is 24.8 Å². The number of amides is 1. The number of fused-ring (bicyclic) bond motifs is 1.